The summed E-state index contributed by atoms with van der Waals surface area (Å²) in [5.74, 6) is -1.21. The van der Waals surface area contributed by atoms with Crippen molar-refractivity contribution in [1.29, 1.82) is 0 Å². The first-order valence-corrected chi connectivity index (χ1v) is 9.94. The number of hydrogen-bond donors (Lipinski definition) is 2. The molecular formula is C19H16ClN3O6S. The van der Waals surface area contributed by atoms with Crippen molar-refractivity contribution >= 4 is 40.9 Å². The van der Waals surface area contributed by atoms with Crippen molar-refractivity contribution in [3.05, 3.63) is 53.1 Å². The topological polar surface area (TPSA) is 129 Å². The Morgan fingerprint density at radius 2 is 2.03 bits per heavy atom. The summed E-state index contributed by atoms with van der Waals surface area (Å²) < 4.78 is 11.2. The third-order valence-electron chi connectivity index (χ3n) is 3.94. The SMILES string of the molecule is COc1ccc(-[n+]2noc([O-])c2SCCC(=O)Nc2ccc(Cl)c(C(=O)O)c2)cc1. The van der Waals surface area contributed by atoms with Crippen LogP contribution in [0, 0.1) is 0 Å². The van der Waals surface area contributed by atoms with Crippen LogP contribution in [-0.4, -0.2) is 35.1 Å². The van der Waals surface area contributed by atoms with E-state index in [1.165, 1.54) is 22.9 Å². The third kappa shape index (κ3) is 5.02. The summed E-state index contributed by atoms with van der Waals surface area (Å²) in [5.41, 5.74) is 0.815. The lowest BCUT2D eigenvalue weighted by Crippen LogP contribution is -2.34. The van der Waals surface area contributed by atoms with Gasteiger partial charge in [-0.3, -0.25) is 4.79 Å². The molecule has 2 aromatic carbocycles. The van der Waals surface area contributed by atoms with Gasteiger partial charge >= 0.3 is 5.97 Å². The number of carbonyl (C=O) groups is 2. The summed E-state index contributed by atoms with van der Waals surface area (Å²) in [5, 5.41) is 27.7. The van der Waals surface area contributed by atoms with Crippen LogP contribution in [0.15, 0.2) is 52.0 Å². The van der Waals surface area contributed by atoms with Crippen LogP contribution in [0.3, 0.4) is 0 Å². The second-order valence-electron chi connectivity index (χ2n) is 5.92. The lowest BCUT2D eigenvalue weighted by Gasteiger charge is -2.07. The van der Waals surface area contributed by atoms with E-state index in [0.29, 0.717) is 17.1 Å². The van der Waals surface area contributed by atoms with Gasteiger partial charge in [0, 0.05) is 30.0 Å². The number of carbonyl (C=O) groups excluding carboxylic acids is 1. The summed E-state index contributed by atoms with van der Waals surface area (Å²) in [6.07, 6.45) is 0.0724. The van der Waals surface area contributed by atoms with Crippen molar-refractivity contribution < 1.29 is 33.7 Å². The van der Waals surface area contributed by atoms with E-state index in [2.05, 4.69) is 10.6 Å². The second kappa shape index (κ2) is 9.51. The Morgan fingerprint density at radius 1 is 1.30 bits per heavy atom. The number of thioether (sulfide) groups is 1. The number of amides is 1. The minimum absolute atomic E-state index is 0.0724. The summed E-state index contributed by atoms with van der Waals surface area (Å²) in [7, 11) is 1.55. The van der Waals surface area contributed by atoms with Gasteiger partial charge in [-0.15, -0.1) is 0 Å². The highest BCUT2D eigenvalue weighted by Gasteiger charge is 2.21. The molecule has 0 aliphatic rings. The molecule has 1 amide bonds. The quantitative estimate of drug-likeness (QED) is 0.396. The Hall–Kier alpha value is -3.24. The number of hydrogen-bond acceptors (Lipinski definition) is 7. The maximum Gasteiger partial charge on any atom is 0.337 e. The van der Waals surface area contributed by atoms with E-state index in [9.17, 15) is 14.7 Å². The summed E-state index contributed by atoms with van der Waals surface area (Å²) >= 11 is 6.94. The molecular weight excluding hydrogens is 434 g/mol. The van der Waals surface area contributed by atoms with Crippen molar-refractivity contribution in [3.63, 3.8) is 0 Å². The molecule has 0 aliphatic carbocycles. The maximum atomic E-state index is 12.2. The number of anilines is 1. The molecule has 3 aromatic rings. The minimum Gasteiger partial charge on any atom is -0.538 e. The third-order valence-corrected chi connectivity index (χ3v) is 5.29. The van der Waals surface area contributed by atoms with E-state index < -0.39 is 11.9 Å². The summed E-state index contributed by atoms with van der Waals surface area (Å²) in [4.78, 5) is 23.3. The van der Waals surface area contributed by atoms with Crippen molar-refractivity contribution in [2.75, 3.05) is 18.2 Å². The van der Waals surface area contributed by atoms with E-state index >= 15 is 0 Å². The normalized spacial score (nSPS) is 10.6. The predicted molar refractivity (Wildman–Crippen MR) is 106 cm³/mol. The second-order valence-corrected chi connectivity index (χ2v) is 7.41. The molecule has 0 saturated heterocycles. The van der Waals surface area contributed by atoms with Gasteiger partial charge in [-0.05, 0) is 35.0 Å². The van der Waals surface area contributed by atoms with E-state index in [1.54, 1.807) is 31.4 Å². The highest BCUT2D eigenvalue weighted by molar-refractivity contribution is 7.99. The predicted octanol–water partition coefficient (Wildman–Crippen LogP) is 2.51. The van der Waals surface area contributed by atoms with Gasteiger partial charge in [0.2, 0.25) is 11.6 Å². The Bertz CT molecular complexity index is 1070. The minimum atomic E-state index is -1.19. The Kier molecular flexibility index (Phi) is 6.80. The largest absolute Gasteiger partial charge is 0.538 e. The van der Waals surface area contributed by atoms with Gasteiger partial charge in [0.15, 0.2) is 5.95 Å². The monoisotopic (exact) mass is 449 g/mol. The molecule has 30 heavy (non-hydrogen) atoms. The lowest BCUT2D eigenvalue weighted by molar-refractivity contribution is -0.705. The van der Waals surface area contributed by atoms with Gasteiger partial charge in [-0.25, -0.2) is 4.79 Å². The number of halogens is 1. The van der Waals surface area contributed by atoms with Crippen LogP contribution >= 0.6 is 23.4 Å². The van der Waals surface area contributed by atoms with Gasteiger partial charge in [0.25, 0.3) is 5.03 Å². The van der Waals surface area contributed by atoms with E-state index in [4.69, 9.17) is 26.0 Å². The first-order valence-electron chi connectivity index (χ1n) is 8.58. The fourth-order valence-electron chi connectivity index (χ4n) is 2.48. The van der Waals surface area contributed by atoms with Gasteiger partial charge in [0.05, 0.1) is 23.0 Å². The van der Waals surface area contributed by atoms with Crippen molar-refractivity contribution in [1.82, 2.24) is 5.27 Å². The molecule has 1 aromatic heterocycles. The van der Waals surface area contributed by atoms with E-state index in [1.807, 2.05) is 0 Å². The first-order chi connectivity index (χ1) is 14.4. The number of carboxylic acids is 1. The molecule has 3 rings (SSSR count). The van der Waals surface area contributed by atoms with Gasteiger partial charge < -0.3 is 24.8 Å². The molecule has 9 nitrogen and oxygen atoms in total. The van der Waals surface area contributed by atoms with Gasteiger partial charge in [-0.1, -0.05) is 23.4 Å². The molecule has 0 bridgehead atoms. The number of aromatic carboxylic acids is 1. The molecule has 0 radical (unpaired) electrons. The van der Waals surface area contributed by atoms with Crippen molar-refractivity contribution in [3.8, 4) is 17.4 Å². The molecule has 156 valence electrons. The fraction of sp³-hybridized carbons (Fsp3) is 0.158. The van der Waals surface area contributed by atoms with Crippen LogP contribution in [0.25, 0.3) is 5.69 Å². The number of nitrogens with zero attached hydrogens (tertiary/aromatic N) is 2. The van der Waals surface area contributed by atoms with Crippen LogP contribution in [0.5, 0.6) is 11.7 Å². The van der Waals surface area contributed by atoms with Crippen LogP contribution in [0.4, 0.5) is 5.69 Å². The molecule has 1 heterocycles. The number of rotatable bonds is 8. The standard InChI is InChI=1S/C19H16ClN3O6S/c1-28-13-5-3-12(4-6-13)23-17(19(27)29-22-23)30-9-8-16(24)21-11-2-7-15(20)14(10-11)18(25)26/h2-7,10H,8-9H2,1H3,(H2-,21,22,24,25,26,27). The van der Waals surface area contributed by atoms with Gasteiger partial charge in [-0.2, -0.15) is 0 Å². The zero-order chi connectivity index (χ0) is 21.7. The number of ether oxygens (including phenoxy) is 1. The highest BCUT2D eigenvalue weighted by atomic mass is 35.5. The number of nitrogens with one attached hydrogen (secondary N) is 1. The molecule has 11 heteroatoms. The average Bonchev–Trinajstić information content (AvgIpc) is 3.10. The Labute approximate surface area is 180 Å². The molecule has 0 aliphatic heterocycles. The molecule has 0 fully saturated rings. The number of carboxylic acid groups (broad SMARTS) is 1. The van der Waals surface area contributed by atoms with Crippen LogP contribution in [-0.2, 0) is 4.79 Å². The molecule has 2 N–H and O–H groups in total. The summed E-state index contributed by atoms with van der Waals surface area (Å²) in [6.45, 7) is 0. The van der Waals surface area contributed by atoms with E-state index in [-0.39, 0.29) is 33.7 Å². The lowest BCUT2D eigenvalue weighted by atomic mass is 10.2. The average molecular weight is 450 g/mol. The van der Waals surface area contributed by atoms with Crippen LogP contribution in [0.1, 0.15) is 16.8 Å². The Balaban J connectivity index is 1.61. The molecule has 0 spiro atoms. The zero-order valence-corrected chi connectivity index (χ0v) is 17.2. The maximum absolute atomic E-state index is 12.2. The first kappa shape index (κ1) is 21.5. The fourth-order valence-corrected chi connectivity index (χ4v) is 3.57. The molecule has 0 unspecified atom stereocenters. The van der Waals surface area contributed by atoms with Crippen LogP contribution < -0.4 is 19.8 Å². The number of benzene rings is 2. The van der Waals surface area contributed by atoms with Crippen molar-refractivity contribution in [2.45, 2.75) is 11.4 Å². The van der Waals surface area contributed by atoms with E-state index in [0.717, 1.165) is 11.8 Å². The Morgan fingerprint density at radius 3 is 2.70 bits per heavy atom. The van der Waals surface area contributed by atoms with Gasteiger partial charge in [0.1, 0.15) is 5.75 Å². The number of aromatic nitrogens is 2. The van der Waals surface area contributed by atoms with Crippen molar-refractivity contribution in [2.24, 2.45) is 0 Å². The zero-order valence-electron chi connectivity index (χ0n) is 15.6. The smallest absolute Gasteiger partial charge is 0.337 e. The van der Waals surface area contributed by atoms with Crippen LogP contribution in [0.2, 0.25) is 5.02 Å². The highest BCUT2D eigenvalue weighted by Crippen LogP contribution is 2.25. The molecule has 0 saturated carbocycles. The summed E-state index contributed by atoms with van der Waals surface area (Å²) in [6, 6.07) is 11.1. The number of methoxy groups -OCH3 is 1. The molecule has 0 atom stereocenters.